The second kappa shape index (κ2) is 7.93. The van der Waals surface area contributed by atoms with Gasteiger partial charge < -0.3 is 10.6 Å². The minimum absolute atomic E-state index is 0.515. The van der Waals surface area contributed by atoms with Crippen LogP contribution in [0.2, 0.25) is 0 Å². The molecule has 0 radical (unpaired) electrons. The first-order valence-corrected chi connectivity index (χ1v) is 8.95. The molecule has 2 aromatic rings. The molecule has 0 aliphatic carbocycles. The topological polar surface area (TPSA) is 24.1 Å². The van der Waals surface area contributed by atoms with Gasteiger partial charge in [0.1, 0.15) is 0 Å². The van der Waals surface area contributed by atoms with Crippen LogP contribution in [0.4, 0.5) is 0 Å². The van der Waals surface area contributed by atoms with E-state index in [0.29, 0.717) is 12.1 Å². The fourth-order valence-corrected chi connectivity index (χ4v) is 3.69. The molecule has 0 fully saturated rings. The van der Waals surface area contributed by atoms with E-state index in [4.69, 9.17) is 0 Å². The highest BCUT2D eigenvalue weighted by Gasteiger charge is 2.06. The molecule has 2 aromatic heterocycles. The molecular weight excluding hydrogens is 284 g/mol. The molecule has 0 amide bonds. The van der Waals surface area contributed by atoms with Crippen molar-refractivity contribution in [1.29, 1.82) is 0 Å². The SMILES string of the molecule is CC(C)NCc1csc(CC(C)NCc2cccs2)c1. The van der Waals surface area contributed by atoms with Gasteiger partial charge in [-0.2, -0.15) is 0 Å². The van der Waals surface area contributed by atoms with Gasteiger partial charge in [-0.15, -0.1) is 22.7 Å². The van der Waals surface area contributed by atoms with Gasteiger partial charge in [-0.05, 0) is 41.8 Å². The van der Waals surface area contributed by atoms with Gasteiger partial charge in [-0.1, -0.05) is 19.9 Å². The molecule has 4 heteroatoms. The Balaban J connectivity index is 1.74. The predicted molar refractivity (Wildman–Crippen MR) is 90.6 cm³/mol. The Morgan fingerprint density at radius 3 is 2.60 bits per heavy atom. The minimum atomic E-state index is 0.515. The van der Waals surface area contributed by atoms with Gasteiger partial charge in [0.25, 0.3) is 0 Å². The quantitative estimate of drug-likeness (QED) is 0.769. The van der Waals surface area contributed by atoms with Crippen LogP contribution in [0.1, 0.15) is 36.1 Å². The summed E-state index contributed by atoms with van der Waals surface area (Å²) in [7, 11) is 0. The molecule has 20 heavy (non-hydrogen) atoms. The van der Waals surface area contributed by atoms with Crippen molar-refractivity contribution in [2.75, 3.05) is 0 Å². The molecular formula is C16H24N2S2. The van der Waals surface area contributed by atoms with Crippen molar-refractivity contribution >= 4 is 22.7 Å². The van der Waals surface area contributed by atoms with E-state index in [2.05, 4.69) is 60.4 Å². The second-order valence-electron chi connectivity index (χ2n) is 5.52. The Morgan fingerprint density at radius 1 is 1.05 bits per heavy atom. The summed E-state index contributed by atoms with van der Waals surface area (Å²) in [5.41, 5.74) is 1.41. The molecule has 2 nitrogen and oxygen atoms in total. The zero-order valence-electron chi connectivity index (χ0n) is 12.5. The Labute approximate surface area is 130 Å². The standard InChI is InChI=1S/C16H24N2S2/c1-12(2)17-9-14-8-16(20-11-14)7-13(3)18-10-15-5-4-6-19-15/h4-6,8,11-13,17-18H,7,9-10H2,1-3H3. The summed E-state index contributed by atoms with van der Waals surface area (Å²) in [6.07, 6.45) is 1.11. The Morgan fingerprint density at radius 2 is 1.90 bits per heavy atom. The third-order valence-electron chi connectivity index (χ3n) is 3.13. The molecule has 0 aliphatic rings. The maximum absolute atomic E-state index is 3.59. The molecule has 0 aliphatic heterocycles. The van der Waals surface area contributed by atoms with Gasteiger partial charge in [-0.3, -0.25) is 0 Å². The molecule has 0 spiro atoms. The van der Waals surface area contributed by atoms with Gasteiger partial charge >= 0.3 is 0 Å². The largest absolute Gasteiger partial charge is 0.310 e. The van der Waals surface area contributed by atoms with Gasteiger partial charge in [0.2, 0.25) is 0 Å². The number of rotatable bonds is 8. The summed E-state index contributed by atoms with van der Waals surface area (Å²) < 4.78 is 0. The highest BCUT2D eigenvalue weighted by atomic mass is 32.1. The van der Waals surface area contributed by atoms with Crippen LogP contribution >= 0.6 is 22.7 Å². The van der Waals surface area contributed by atoms with E-state index in [1.54, 1.807) is 0 Å². The normalized spacial score (nSPS) is 13.0. The van der Waals surface area contributed by atoms with Gasteiger partial charge in [0.15, 0.2) is 0 Å². The van der Waals surface area contributed by atoms with Gasteiger partial charge in [0, 0.05) is 34.9 Å². The Hall–Kier alpha value is -0.680. The van der Waals surface area contributed by atoms with Crippen molar-refractivity contribution in [3.8, 4) is 0 Å². The lowest BCUT2D eigenvalue weighted by molar-refractivity contribution is 0.551. The molecule has 110 valence electrons. The summed E-state index contributed by atoms with van der Waals surface area (Å²) in [6, 6.07) is 7.69. The second-order valence-corrected chi connectivity index (χ2v) is 7.55. The first kappa shape index (κ1) is 15.7. The van der Waals surface area contributed by atoms with Crippen LogP contribution < -0.4 is 10.6 Å². The van der Waals surface area contributed by atoms with E-state index in [9.17, 15) is 0 Å². The van der Waals surface area contributed by atoms with Crippen molar-refractivity contribution in [2.24, 2.45) is 0 Å². The van der Waals surface area contributed by atoms with Gasteiger partial charge in [-0.25, -0.2) is 0 Å². The van der Waals surface area contributed by atoms with Gasteiger partial charge in [0.05, 0.1) is 0 Å². The van der Waals surface area contributed by atoms with E-state index in [1.807, 2.05) is 22.7 Å². The van der Waals surface area contributed by atoms with Crippen LogP contribution in [0.15, 0.2) is 29.0 Å². The van der Waals surface area contributed by atoms with E-state index < -0.39 is 0 Å². The summed E-state index contributed by atoms with van der Waals surface area (Å²) >= 11 is 3.69. The minimum Gasteiger partial charge on any atom is -0.310 e. The maximum atomic E-state index is 3.59. The van der Waals surface area contributed by atoms with Crippen molar-refractivity contribution in [3.63, 3.8) is 0 Å². The van der Waals surface area contributed by atoms with Crippen LogP contribution in [0.3, 0.4) is 0 Å². The highest BCUT2D eigenvalue weighted by Crippen LogP contribution is 2.17. The van der Waals surface area contributed by atoms with Crippen LogP contribution in [0.25, 0.3) is 0 Å². The van der Waals surface area contributed by atoms with E-state index in [1.165, 1.54) is 15.3 Å². The monoisotopic (exact) mass is 308 g/mol. The fraction of sp³-hybridized carbons (Fsp3) is 0.500. The lowest BCUT2D eigenvalue weighted by Crippen LogP contribution is -2.26. The third kappa shape index (κ3) is 5.37. The van der Waals surface area contributed by atoms with E-state index in [0.717, 1.165) is 19.5 Å². The average molecular weight is 309 g/mol. The summed E-state index contributed by atoms with van der Waals surface area (Å²) in [4.78, 5) is 2.88. The Bertz CT molecular complexity index is 488. The Kier molecular flexibility index (Phi) is 6.23. The van der Waals surface area contributed by atoms with Crippen LogP contribution in [-0.4, -0.2) is 12.1 Å². The molecule has 0 aromatic carbocycles. The van der Waals surface area contributed by atoms with Crippen molar-refractivity contribution in [1.82, 2.24) is 10.6 Å². The average Bonchev–Trinajstić information content (AvgIpc) is 3.05. The maximum Gasteiger partial charge on any atom is 0.0302 e. The lowest BCUT2D eigenvalue weighted by atomic mass is 10.2. The third-order valence-corrected chi connectivity index (χ3v) is 5.02. The lowest BCUT2D eigenvalue weighted by Gasteiger charge is -2.11. The van der Waals surface area contributed by atoms with Crippen LogP contribution in [0, 0.1) is 0 Å². The van der Waals surface area contributed by atoms with Crippen LogP contribution in [0.5, 0.6) is 0 Å². The predicted octanol–water partition coefficient (Wildman–Crippen LogP) is 4.03. The molecule has 0 bridgehead atoms. The van der Waals surface area contributed by atoms with Crippen LogP contribution in [-0.2, 0) is 19.5 Å². The number of hydrogen-bond acceptors (Lipinski definition) is 4. The zero-order chi connectivity index (χ0) is 14.4. The molecule has 2 rings (SSSR count). The number of hydrogen-bond donors (Lipinski definition) is 2. The van der Waals surface area contributed by atoms with Crippen molar-refractivity contribution < 1.29 is 0 Å². The van der Waals surface area contributed by atoms with Crippen molar-refractivity contribution in [2.45, 2.75) is 52.4 Å². The molecule has 2 heterocycles. The number of thiophene rings is 2. The molecule has 1 atom stereocenters. The molecule has 0 saturated heterocycles. The summed E-state index contributed by atoms with van der Waals surface area (Å²) in [6.45, 7) is 8.59. The van der Waals surface area contributed by atoms with Crippen molar-refractivity contribution in [3.05, 3.63) is 44.3 Å². The highest BCUT2D eigenvalue weighted by molar-refractivity contribution is 7.10. The molecule has 0 saturated carbocycles. The first-order chi connectivity index (χ1) is 9.63. The van der Waals surface area contributed by atoms with E-state index in [-0.39, 0.29) is 0 Å². The fourth-order valence-electron chi connectivity index (χ4n) is 2.01. The molecule has 2 N–H and O–H groups in total. The summed E-state index contributed by atoms with van der Waals surface area (Å²) in [5.74, 6) is 0. The number of nitrogens with one attached hydrogen (secondary N) is 2. The zero-order valence-corrected chi connectivity index (χ0v) is 14.1. The summed E-state index contributed by atoms with van der Waals surface area (Å²) in [5, 5.41) is 11.5. The first-order valence-electron chi connectivity index (χ1n) is 7.19. The smallest absolute Gasteiger partial charge is 0.0302 e. The van der Waals surface area contributed by atoms with E-state index >= 15 is 0 Å². The molecule has 1 unspecified atom stereocenters.